The van der Waals surface area contributed by atoms with Crippen molar-refractivity contribution in [2.75, 3.05) is 18.4 Å². The fourth-order valence-corrected chi connectivity index (χ4v) is 4.18. The summed E-state index contributed by atoms with van der Waals surface area (Å²) in [6.07, 6.45) is 8.58. The lowest BCUT2D eigenvalue weighted by Gasteiger charge is -2.52. The van der Waals surface area contributed by atoms with E-state index in [9.17, 15) is 0 Å². The number of nitrogens with one attached hydrogen (secondary N) is 1. The van der Waals surface area contributed by atoms with Gasteiger partial charge in [-0.3, -0.25) is 4.90 Å². The lowest BCUT2D eigenvalue weighted by atomic mass is 9.60. The SMILES string of the molecule is N#Cc1ccc(CN2CCC3(CC2)CC(Nc2ncccn2)C3)cc1. The van der Waals surface area contributed by atoms with Gasteiger partial charge >= 0.3 is 0 Å². The number of likely N-dealkylation sites (tertiary alicyclic amines) is 1. The molecule has 5 heteroatoms. The second kappa shape index (κ2) is 6.81. The van der Waals surface area contributed by atoms with Crippen LogP contribution >= 0.6 is 0 Å². The predicted octanol–water partition coefficient (Wildman–Crippen LogP) is 3.20. The van der Waals surface area contributed by atoms with Crippen molar-refractivity contribution in [3.8, 4) is 6.07 Å². The number of hydrogen-bond donors (Lipinski definition) is 1. The van der Waals surface area contributed by atoms with Gasteiger partial charge < -0.3 is 5.32 Å². The molecule has 2 fully saturated rings. The monoisotopic (exact) mass is 333 g/mol. The van der Waals surface area contributed by atoms with Crippen LogP contribution < -0.4 is 5.32 Å². The second-order valence-corrected chi connectivity index (χ2v) is 7.41. The van der Waals surface area contributed by atoms with Gasteiger partial charge in [0.25, 0.3) is 0 Å². The van der Waals surface area contributed by atoms with E-state index in [1.807, 2.05) is 18.2 Å². The summed E-state index contributed by atoms with van der Waals surface area (Å²) in [6, 6.07) is 12.5. The van der Waals surface area contributed by atoms with Gasteiger partial charge in [0.15, 0.2) is 0 Å². The average molecular weight is 333 g/mol. The Balaban J connectivity index is 1.24. The molecule has 0 bridgehead atoms. The molecule has 1 saturated heterocycles. The van der Waals surface area contributed by atoms with Gasteiger partial charge in [0, 0.05) is 25.0 Å². The van der Waals surface area contributed by atoms with Crippen molar-refractivity contribution in [1.29, 1.82) is 5.26 Å². The number of nitrogens with zero attached hydrogens (tertiary/aromatic N) is 4. The van der Waals surface area contributed by atoms with Gasteiger partial charge in [0.1, 0.15) is 0 Å². The normalized spacial score (nSPS) is 20.0. The molecule has 0 atom stereocenters. The molecule has 1 saturated carbocycles. The van der Waals surface area contributed by atoms with Crippen molar-refractivity contribution in [3.05, 3.63) is 53.9 Å². The molecule has 2 aromatic rings. The minimum Gasteiger partial charge on any atom is -0.351 e. The summed E-state index contributed by atoms with van der Waals surface area (Å²) >= 11 is 0. The van der Waals surface area contributed by atoms with Gasteiger partial charge in [0.2, 0.25) is 5.95 Å². The van der Waals surface area contributed by atoms with Gasteiger partial charge in [0.05, 0.1) is 11.6 Å². The standard InChI is InChI=1S/C20H23N5/c21-14-16-2-4-17(5-3-16)15-25-10-6-20(7-11-25)12-18(13-20)24-19-22-8-1-9-23-19/h1-5,8-9,18H,6-7,10-13,15H2,(H,22,23,24). The quantitative estimate of drug-likeness (QED) is 0.931. The van der Waals surface area contributed by atoms with Gasteiger partial charge in [-0.25, -0.2) is 9.97 Å². The summed E-state index contributed by atoms with van der Waals surface area (Å²) in [5, 5.41) is 12.3. The third kappa shape index (κ3) is 3.64. The molecule has 128 valence electrons. The van der Waals surface area contributed by atoms with Crippen molar-refractivity contribution < 1.29 is 0 Å². The first kappa shape index (κ1) is 16.0. The van der Waals surface area contributed by atoms with E-state index in [-0.39, 0.29) is 0 Å². The van der Waals surface area contributed by atoms with Crippen LogP contribution in [0, 0.1) is 16.7 Å². The van der Waals surface area contributed by atoms with Crippen molar-refractivity contribution in [3.63, 3.8) is 0 Å². The van der Waals surface area contributed by atoms with E-state index in [1.165, 1.54) is 31.2 Å². The summed E-state index contributed by atoms with van der Waals surface area (Å²) in [7, 11) is 0. The Kier molecular flexibility index (Phi) is 4.37. The summed E-state index contributed by atoms with van der Waals surface area (Å²) < 4.78 is 0. The minimum atomic E-state index is 0.521. The Morgan fingerprint density at radius 3 is 2.44 bits per heavy atom. The molecule has 1 N–H and O–H groups in total. The Morgan fingerprint density at radius 2 is 1.80 bits per heavy atom. The number of anilines is 1. The summed E-state index contributed by atoms with van der Waals surface area (Å²) in [6.45, 7) is 3.31. The highest BCUT2D eigenvalue weighted by atomic mass is 15.1. The first-order valence-corrected chi connectivity index (χ1v) is 9.00. The van der Waals surface area contributed by atoms with E-state index in [0.717, 1.165) is 31.1 Å². The van der Waals surface area contributed by atoms with Crippen LogP contribution in [0.5, 0.6) is 0 Å². The molecule has 0 radical (unpaired) electrons. The molecule has 1 aliphatic heterocycles. The zero-order chi connectivity index (χ0) is 17.1. The van der Waals surface area contributed by atoms with E-state index < -0.39 is 0 Å². The summed E-state index contributed by atoms with van der Waals surface area (Å²) in [4.78, 5) is 11.0. The van der Waals surface area contributed by atoms with Gasteiger partial charge in [-0.15, -0.1) is 0 Å². The first-order valence-electron chi connectivity index (χ1n) is 9.00. The second-order valence-electron chi connectivity index (χ2n) is 7.41. The predicted molar refractivity (Wildman–Crippen MR) is 96.8 cm³/mol. The van der Waals surface area contributed by atoms with E-state index in [2.05, 4.69) is 38.4 Å². The Bertz CT molecular complexity index is 734. The highest BCUT2D eigenvalue weighted by Crippen LogP contribution is 2.49. The van der Waals surface area contributed by atoms with Crippen LogP contribution in [0.3, 0.4) is 0 Å². The molecule has 25 heavy (non-hydrogen) atoms. The summed E-state index contributed by atoms with van der Waals surface area (Å²) in [5.41, 5.74) is 2.55. The fraction of sp³-hybridized carbons (Fsp3) is 0.450. The number of aromatic nitrogens is 2. The van der Waals surface area contributed by atoms with Crippen LogP contribution in [-0.4, -0.2) is 34.0 Å². The van der Waals surface area contributed by atoms with Crippen molar-refractivity contribution in [1.82, 2.24) is 14.9 Å². The molecule has 2 aliphatic rings. The minimum absolute atomic E-state index is 0.521. The fourth-order valence-electron chi connectivity index (χ4n) is 4.18. The van der Waals surface area contributed by atoms with Gasteiger partial charge in [-0.05, 0) is 68.0 Å². The van der Waals surface area contributed by atoms with Crippen LogP contribution in [-0.2, 0) is 6.54 Å². The maximum absolute atomic E-state index is 8.88. The molecule has 1 spiro atoms. The van der Waals surface area contributed by atoms with Crippen molar-refractivity contribution >= 4 is 5.95 Å². The van der Waals surface area contributed by atoms with E-state index in [0.29, 0.717) is 11.5 Å². The zero-order valence-electron chi connectivity index (χ0n) is 14.4. The maximum Gasteiger partial charge on any atom is 0.222 e. The third-order valence-electron chi connectivity index (χ3n) is 5.66. The van der Waals surface area contributed by atoms with Crippen LogP contribution in [0.4, 0.5) is 5.95 Å². The largest absolute Gasteiger partial charge is 0.351 e. The third-order valence-corrected chi connectivity index (χ3v) is 5.66. The Labute approximate surface area is 148 Å². The topological polar surface area (TPSA) is 64.8 Å². The molecule has 4 rings (SSSR count). The maximum atomic E-state index is 8.88. The summed E-state index contributed by atoms with van der Waals surface area (Å²) in [5.74, 6) is 0.751. The lowest BCUT2D eigenvalue weighted by molar-refractivity contribution is 0.0209. The zero-order valence-corrected chi connectivity index (χ0v) is 14.4. The molecule has 0 amide bonds. The highest BCUT2D eigenvalue weighted by Gasteiger charge is 2.45. The average Bonchev–Trinajstić information content (AvgIpc) is 2.64. The van der Waals surface area contributed by atoms with E-state index in [1.54, 1.807) is 12.4 Å². The van der Waals surface area contributed by atoms with Crippen LogP contribution in [0.2, 0.25) is 0 Å². The first-order chi connectivity index (χ1) is 12.2. The molecular formula is C20H23N5. The van der Waals surface area contributed by atoms with Crippen molar-refractivity contribution in [2.24, 2.45) is 5.41 Å². The van der Waals surface area contributed by atoms with Crippen LogP contribution in [0.1, 0.15) is 36.8 Å². The number of piperidine rings is 1. The molecule has 1 aromatic carbocycles. The van der Waals surface area contributed by atoms with Gasteiger partial charge in [-0.1, -0.05) is 12.1 Å². The molecular weight excluding hydrogens is 310 g/mol. The molecule has 5 nitrogen and oxygen atoms in total. The number of hydrogen-bond acceptors (Lipinski definition) is 5. The Hall–Kier alpha value is -2.45. The van der Waals surface area contributed by atoms with Crippen LogP contribution in [0.25, 0.3) is 0 Å². The molecule has 1 aliphatic carbocycles. The van der Waals surface area contributed by atoms with Gasteiger partial charge in [-0.2, -0.15) is 5.26 Å². The van der Waals surface area contributed by atoms with Crippen LogP contribution in [0.15, 0.2) is 42.7 Å². The number of nitriles is 1. The highest BCUT2D eigenvalue weighted by molar-refractivity contribution is 5.31. The van der Waals surface area contributed by atoms with Crippen molar-refractivity contribution in [2.45, 2.75) is 38.3 Å². The lowest BCUT2D eigenvalue weighted by Crippen LogP contribution is -2.51. The molecule has 0 unspecified atom stereocenters. The number of benzene rings is 1. The smallest absolute Gasteiger partial charge is 0.222 e. The van der Waals surface area contributed by atoms with E-state index >= 15 is 0 Å². The molecule has 2 heterocycles. The van der Waals surface area contributed by atoms with E-state index in [4.69, 9.17) is 5.26 Å². The Morgan fingerprint density at radius 1 is 1.12 bits per heavy atom. The molecule has 1 aromatic heterocycles. The number of rotatable bonds is 4.